The van der Waals surface area contributed by atoms with Crippen molar-refractivity contribution in [3.63, 3.8) is 0 Å². The van der Waals surface area contributed by atoms with E-state index in [0.29, 0.717) is 16.9 Å². The van der Waals surface area contributed by atoms with Crippen molar-refractivity contribution in [3.8, 4) is 5.88 Å². The Morgan fingerprint density at radius 3 is 2.35 bits per heavy atom. The predicted molar refractivity (Wildman–Crippen MR) is 81.2 cm³/mol. The first-order valence-electron chi connectivity index (χ1n) is 6.63. The maximum Gasteiger partial charge on any atom is 0.218 e. The quantitative estimate of drug-likeness (QED) is 0.777. The number of hydrogen-bond donors (Lipinski definition) is 0. The van der Waals surface area contributed by atoms with E-state index < -0.39 is 0 Å². The number of hydrogen-bond acceptors (Lipinski definition) is 3. The average molecular weight is 291 g/mol. The molecule has 1 atom stereocenters. The van der Waals surface area contributed by atoms with Gasteiger partial charge in [-0.15, -0.1) is 0 Å². The monoisotopic (exact) mass is 290 g/mol. The van der Waals surface area contributed by atoms with Gasteiger partial charge in [-0.2, -0.15) is 4.98 Å². The molecule has 0 saturated heterocycles. The molecule has 0 bridgehead atoms. The molecule has 1 heterocycles. The van der Waals surface area contributed by atoms with Gasteiger partial charge in [0.15, 0.2) is 0 Å². The van der Waals surface area contributed by atoms with Crippen molar-refractivity contribution in [1.29, 1.82) is 0 Å². The Bertz CT molecular complexity index is 579. The molecule has 2 rings (SSSR count). The van der Waals surface area contributed by atoms with Crippen LogP contribution in [0, 0.1) is 0 Å². The third kappa shape index (κ3) is 3.70. The maximum absolute atomic E-state index is 6.05. The predicted octanol–water partition coefficient (Wildman–Crippen LogP) is 4.57. The van der Waals surface area contributed by atoms with Crippen LogP contribution >= 0.6 is 11.6 Å². The van der Waals surface area contributed by atoms with Gasteiger partial charge in [-0.1, -0.05) is 62.7 Å². The topological polar surface area (TPSA) is 35.0 Å². The summed E-state index contributed by atoms with van der Waals surface area (Å²) >= 11 is 6.05. The highest BCUT2D eigenvalue weighted by atomic mass is 35.5. The first-order valence-corrected chi connectivity index (χ1v) is 7.01. The zero-order chi connectivity index (χ0) is 14.8. The lowest BCUT2D eigenvalue weighted by molar-refractivity contribution is 0.215. The summed E-state index contributed by atoms with van der Waals surface area (Å²) in [5.74, 6) is 1.19. The smallest absolute Gasteiger partial charge is 0.218 e. The maximum atomic E-state index is 6.05. The molecule has 1 aromatic carbocycles. The molecule has 3 nitrogen and oxygen atoms in total. The summed E-state index contributed by atoms with van der Waals surface area (Å²) in [6.07, 6.45) is -0.0880. The number of benzene rings is 1. The van der Waals surface area contributed by atoms with E-state index in [2.05, 4.69) is 9.97 Å². The molecule has 0 N–H and O–H groups in total. The van der Waals surface area contributed by atoms with Gasteiger partial charge in [-0.3, -0.25) is 0 Å². The zero-order valence-corrected chi connectivity index (χ0v) is 13.0. The minimum Gasteiger partial charge on any atom is -0.470 e. The summed E-state index contributed by atoms with van der Waals surface area (Å²) in [4.78, 5) is 8.71. The summed E-state index contributed by atoms with van der Waals surface area (Å²) in [7, 11) is 0. The second kappa shape index (κ2) is 5.80. The molecule has 0 amide bonds. The van der Waals surface area contributed by atoms with E-state index in [1.165, 1.54) is 0 Å². The van der Waals surface area contributed by atoms with Gasteiger partial charge in [-0.05, 0) is 12.5 Å². The van der Waals surface area contributed by atoms with Crippen molar-refractivity contribution in [2.45, 2.75) is 39.2 Å². The molecule has 20 heavy (non-hydrogen) atoms. The van der Waals surface area contributed by atoms with E-state index in [4.69, 9.17) is 16.3 Å². The highest BCUT2D eigenvalue weighted by Crippen LogP contribution is 2.26. The van der Waals surface area contributed by atoms with E-state index in [0.717, 1.165) is 5.56 Å². The second-order valence-electron chi connectivity index (χ2n) is 5.77. The van der Waals surface area contributed by atoms with Crippen molar-refractivity contribution in [2.75, 3.05) is 0 Å². The molecule has 2 aromatic rings. The van der Waals surface area contributed by atoms with Gasteiger partial charge in [0.25, 0.3) is 0 Å². The number of halogens is 1. The van der Waals surface area contributed by atoms with Crippen LogP contribution in [0.1, 0.15) is 45.2 Å². The molecule has 1 aromatic heterocycles. The number of rotatable bonds is 3. The molecule has 0 aliphatic heterocycles. The van der Waals surface area contributed by atoms with Crippen LogP contribution in [0.5, 0.6) is 5.88 Å². The van der Waals surface area contributed by atoms with Crippen LogP contribution in [0.3, 0.4) is 0 Å². The standard InChI is InChI=1S/C16H19ClN2O/c1-11(12-8-6-5-7-9-12)20-14-10-13(17)18-15(19-14)16(2,3)4/h5-11H,1-4H3. The van der Waals surface area contributed by atoms with Gasteiger partial charge in [0.05, 0.1) is 0 Å². The first kappa shape index (κ1) is 14.8. The van der Waals surface area contributed by atoms with Crippen LogP contribution in [-0.4, -0.2) is 9.97 Å². The largest absolute Gasteiger partial charge is 0.470 e. The Morgan fingerprint density at radius 1 is 1.10 bits per heavy atom. The molecular formula is C16H19ClN2O. The van der Waals surface area contributed by atoms with Gasteiger partial charge < -0.3 is 4.74 Å². The lowest BCUT2D eigenvalue weighted by atomic mass is 9.96. The average Bonchev–Trinajstić information content (AvgIpc) is 2.38. The molecule has 0 spiro atoms. The van der Waals surface area contributed by atoms with Crippen molar-refractivity contribution >= 4 is 11.6 Å². The molecule has 0 radical (unpaired) electrons. The summed E-state index contributed by atoms with van der Waals surface area (Å²) in [6.45, 7) is 8.12. The van der Waals surface area contributed by atoms with Crippen LogP contribution < -0.4 is 4.74 Å². The van der Waals surface area contributed by atoms with E-state index in [9.17, 15) is 0 Å². The fourth-order valence-electron chi connectivity index (χ4n) is 1.77. The van der Waals surface area contributed by atoms with Crippen LogP contribution in [-0.2, 0) is 5.41 Å². The summed E-state index contributed by atoms with van der Waals surface area (Å²) in [6, 6.07) is 11.7. The van der Waals surface area contributed by atoms with Crippen molar-refractivity contribution in [1.82, 2.24) is 9.97 Å². The molecule has 4 heteroatoms. The minimum absolute atomic E-state index is 0.0880. The van der Waals surface area contributed by atoms with Crippen molar-refractivity contribution in [2.24, 2.45) is 0 Å². The fourth-order valence-corrected chi connectivity index (χ4v) is 1.94. The van der Waals surface area contributed by atoms with Crippen LogP contribution in [0.15, 0.2) is 36.4 Å². The molecule has 1 unspecified atom stereocenters. The third-order valence-corrected chi connectivity index (χ3v) is 3.10. The third-order valence-electron chi connectivity index (χ3n) is 2.91. The molecular weight excluding hydrogens is 272 g/mol. The van der Waals surface area contributed by atoms with Gasteiger partial charge in [0, 0.05) is 11.5 Å². The lowest BCUT2D eigenvalue weighted by Gasteiger charge is -2.19. The Hall–Kier alpha value is -1.61. The first-order chi connectivity index (χ1) is 9.36. The summed E-state index contributed by atoms with van der Waals surface area (Å²) in [5.41, 5.74) is 0.929. The molecule has 0 fully saturated rings. The number of nitrogens with zero attached hydrogens (tertiary/aromatic N) is 2. The van der Waals surface area contributed by atoms with Crippen molar-refractivity contribution in [3.05, 3.63) is 52.9 Å². The van der Waals surface area contributed by atoms with Gasteiger partial charge in [0.2, 0.25) is 5.88 Å². The molecule has 0 saturated carbocycles. The van der Waals surface area contributed by atoms with Crippen molar-refractivity contribution < 1.29 is 4.74 Å². The van der Waals surface area contributed by atoms with Gasteiger partial charge in [-0.25, -0.2) is 4.98 Å². The summed E-state index contributed by atoms with van der Waals surface area (Å²) < 4.78 is 5.88. The Morgan fingerprint density at radius 2 is 1.75 bits per heavy atom. The van der Waals surface area contributed by atoms with E-state index >= 15 is 0 Å². The molecule has 0 aliphatic carbocycles. The highest BCUT2D eigenvalue weighted by molar-refractivity contribution is 6.29. The SMILES string of the molecule is CC(Oc1cc(Cl)nc(C(C)(C)C)n1)c1ccccc1. The Kier molecular flexibility index (Phi) is 4.29. The van der Waals surface area contributed by atoms with Crippen LogP contribution in [0.2, 0.25) is 5.15 Å². The summed E-state index contributed by atoms with van der Waals surface area (Å²) in [5, 5.41) is 0.403. The second-order valence-corrected chi connectivity index (χ2v) is 6.16. The van der Waals surface area contributed by atoms with E-state index in [1.807, 2.05) is 58.0 Å². The highest BCUT2D eigenvalue weighted by Gasteiger charge is 2.20. The van der Waals surface area contributed by atoms with Gasteiger partial charge in [0.1, 0.15) is 17.1 Å². The lowest BCUT2D eigenvalue weighted by Crippen LogP contribution is -2.17. The van der Waals surface area contributed by atoms with Crippen LogP contribution in [0.4, 0.5) is 0 Å². The number of ether oxygens (including phenoxy) is 1. The molecule has 0 aliphatic rings. The Balaban J connectivity index is 2.24. The minimum atomic E-state index is -0.168. The van der Waals surface area contributed by atoms with Crippen LogP contribution in [0.25, 0.3) is 0 Å². The normalized spacial score (nSPS) is 13.1. The zero-order valence-electron chi connectivity index (χ0n) is 12.2. The van der Waals surface area contributed by atoms with Gasteiger partial charge >= 0.3 is 0 Å². The molecule has 106 valence electrons. The van der Waals surface area contributed by atoms with E-state index in [-0.39, 0.29) is 11.5 Å². The fraction of sp³-hybridized carbons (Fsp3) is 0.375. The van der Waals surface area contributed by atoms with E-state index in [1.54, 1.807) is 6.07 Å². The number of aromatic nitrogens is 2. The Labute approximate surface area is 125 Å².